The number of nitrogens with one attached hydrogen (secondary N) is 2. The molecular weight excluding hydrogens is 314 g/mol. The molecule has 2 amide bonds. The fourth-order valence-electron chi connectivity index (χ4n) is 3.41. The van der Waals surface area contributed by atoms with Gasteiger partial charge in [-0.05, 0) is 24.1 Å². The second kappa shape index (κ2) is 7.15. The lowest BCUT2D eigenvalue weighted by Crippen LogP contribution is -2.37. The van der Waals surface area contributed by atoms with Crippen LogP contribution in [-0.4, -0.2) is 38.4 Å². The van der Waals surface area contributed by atoms with Gasteiger partial charge in [-0.1, -0.05) is 42.5 Å². The highest BCUT2D eigenvalue weighted by molar-refractivity contribution is 5.93. The van der Waals surface area contributed by atoms with Gasteiger partial charge in [-0.25, -0.2) is 4.79 Å². The molecule has 0 bridgehead atoms. The number of carbonyl (C=O) groups excluding carboxylic acids is 1. The van der Waals surface area contributed by atoms with E-state index in [0.717, 1.165) is 44.1 Å². The normalized spacial score (nSPS) is 22.3. The van der Waals surface area contributed by atoms with Gasteiger partial charge in [0.15, 0.2) is 0 Å². The molecule has 0 radical (unpaired) electrons. The van der Waals surface area contributed by atoms with E-state index in [1.807, 2.05) is 42.5 Å². The fraction of sp³-hybridized carbons (Fsp3) is 0.350. The van der Waals surface area contributed by atoms with Crippen LogP contribution >= 0.6 is 0 Å². The second-order valence-corrected chi connectivity index (χ2v) is 6.57. The summed E-state index contributed by atoms with van der Waals surface area (Å²) in [6.07, 6.45) is 1.00. The Bertz CT molecular complexity index is 729. The van der Waals surface area contributed by atoms with Gasteiger partial charge in [0, 0.05) is 25.0 Å². The van der Waals surface area contributed by atoms with Crippen molar-refractivity contribution in [1.82, 2.24) is 5.32 Å². The monoisotopic (exact) mass is 337 g/mol. The molecular formula is C20H23N3O2. The van der Waals surface area contributed by atoms with Crippen molar-refractivity contribution in [3.63, 3.8) is 0 Å². The van der Waals surface area contributed by atoms with Crippen LogP contribution in [0, 0.1) is 0 Å². The maximum Gasteiger partial charge on any atom is 0.319 e. The van der Waals surface area contributed by atoms with E-state index in [1.165, 1.54) is 5.56 Å². The third-order valence-electron chi connectivity index (χ3n) is 4.84. The van der Waals surface area contributed by atoms with Gasteiger partial charge in [-0.3, -0.25) is 0 Å². The SMILES string of the molecule is O=C(Nc1ccccc1N1CCOCC1)N[C@@H]1C[C@H]1c1ccccc1. The molecule has 130 valence electrons. The molecule has 0 spiro atoms. The molecule has 2 aliphatic rings. The lowest BCUT2D eigenvalue weighted by Gasteiger charge is -2.30. The van der Waals surface area contributed by atoms with Crippen LogP contribution < -0.4 is 15.5 Å². The molecule has 0 unspecified atom stereocenters. The molecule has 5 nitrogen and oxygen atoms in total. The highest BCUT2D eigenvalue weighted by Gasteiger charge is 2.39. The molecule has 2 N–H and O–H groups in total. The Balaban J connectivity index is 1.37. The van der Waals surface area contributed by atoms with Crippen LogP contribution in [0.3, 0.4) is 0 Å². The molecule has 1 aliphatic carbocycles. The third kappa shape index (κ3) is 3.77. The molecule has 5 heteroatoms. The molecule has 2 fully saturated rings. The maximum atomic E-state index is 12.4. The molecule has 25 heavy (non-hydrogen) atoms. The molecule has 2 aromatic rings. The molecule has 4 rings (SSSR count). The van der Waals surface area contributed by atoms with Crippen LogP contribution in [0.25, 0.3) is 0 Å². The van der Waals surface area contributed by atoms with Gasteiger partial charge in [-0.15, -0.1) is 0 Å². The number of benzene rings is 2. The number of carbonyl (C=O) groups is 1. The van der Waals surface area contributed by atoms with Gasteiger partial charge >= 0.3 is 6.03 Å². The van der Waals surface area contributed by atoms with E-state index in [0.29, 0.717) is 5.92 Å². The second-order valence-electron chi connectivity index (χ2n) is 6.57. The van der Waals surface area contributed by atoms with Crippen LogP contribution in [0.4, 0.5) is 16.2 Å². The summed E-state index contributed by atoms with van der Waals surface area (Å²) in [5.74, 6) is 0.432. The largest absolute Gasteiger partial charge is 0.378 e. The van der Waals surface area contributed by atoms with E-state index in [4.69, 9.17) is 4.74 Å². The minimum Gasteiger partial charge on any atom is -0.378 e. The zero-order chi connectivity index (χ0) is 17.1. The molecule has 0 aromatic heterocycles. The van der Waals surface area contributed by atoms with Crippen molar-refractivity contribution in [2.45, 2.75) is 18.4 Å². The number of hydrogen-bond acceptors (Lipinski definition) is 3. The first-order valence-corrected chi connectivity index (χ1v) is 8.85. The van der Waals surface area contributed by atoms with Crippen molar-refractivity contribution in [1.29, 1.82) is 0 Å². The summed E-state index contributed by atoms with van der Waals surface area (Å²) >= 11 is 0. The number of morpholine rings is 1. The molecule has 1 heterocycles. The Kier molecular flexibility index (Phi) is 4.57. The summed E-state index contributed by atoms with van der Waals surface area (Å²) in [5, 5.41) is 6.11. The topological polar surface area (TPSA) is 53.6 Å². The van der Waals surface area contributed by atoms with Crippen LogP contribution in [-0.2, 0) is 4.74 Å². The first kappa shape index (κ1) is 16.0. The van der Waals surface area contributed by atoms with Gasteiger partial charge < -0.3 is 20.3 Å². The maximum absolute atomic E-state index is 12.4. The van der Waals surface area contributed by atoms with E-state index in [2.05, 4.69) is 27.7 Å². The van der Waals surface area contributed by atoms with Gasteiger partial charge in [0.05, 0.1) is 24.6 Å². The number of anilines is 2. The quantitative estimate of drug-likeness (QED) is 0.901. The highest BCUT2D eigenvalue weighted by atomic mass is 16.5. The van der Waals surface area contributed by atoms with Crippen molar-refractivity contribution >= 4 is 17.4 Å². The summed E-state index contributed by atoms with van der Waals surface area (Å²) in [7, 11) is 0. The Morgan fingerprint density at radius 2 is 1.72 bits per heavy atom. The first-order chi connectivity index (χ1) is 12.3. The summed E-state index contributed by atoms with van der Waals surface area (Å²) in [4.78, 5) is 14.7. The van der Waals surface area contributed by atoms with Crippen molar-refractivity contribution in [2.75, 3.05) is 36.5 Å². The zero-order valence-corrected chi connectivity index (χ0v) is 14.2. The third-order valence-corrected chi connectivity index (χ3v) is 4.84. The number of para-hydroxylation sites is 2. The fourth-order valence-corrected chi connectivity index (χ4v) is 3.41. The predicted molar refractivity (Wildman–Crippen MR) is 99.2 cm³/mol. The van der Waals surface area contributed by atoms with Crippen molar-refractivity contribution in [3.8, 4) is 0 Å². The average molecular weight is 337 g/mol. The lowest BCUT2D eigenvalue weighted by atomic mass is 10.1. The summed E-state index contributed by atoms with van der Waals surface area (Å²) in [6, 6.07) is 18.4. The number of hydrogen-bond donors (Lipinski definition) is 2. The van der Waals surface area contributed by atoms with E-state index in [1.54, 1.807) is 0 Å². The van der Waals surface area contributed by atoms with Crippen molar-refractivity contribution in [2.24, 2.45) is 0 Å². The first-order valence-electron chi connectivity index (χ1n) is 8.85. The molecule has 1 saturated carbocycles. The number of amides is 2. The van der Waals surface area contributed by atoms with Crippen LogP contribution in [0.5, 0.6) is 0 Å². The number of ether oxygens (including phenoxy) is 1. The van der Waals surface area contributed by atoms with Gasteiger partial charge in [-0.2, -0.15) is 0 Å². The summed E-state index contributed by atoms with van der Waals surface area (Å²) in [5.41, 5.74) is 3.19. The van der Waals surface area contributed by atoms with E-state index in [9.17, 15) is 4.79 Å². The van der Waals surface area contributed by atoms with Crippen molar-refractivity contribution in [3.05, 3.63) is 60.2 Å². The lowest BCUT2D eigenvalue weighted by molar-refractivity contribution is 0.123. The number of urea groups is 1. The molecule has 2 aromatic carbocycles. The average Bonchev–Trinajstić information content (AvgIpc) is 3.42. The smallest absolute Gasteiger partial charge is 0.319 e. The molecule has 1 saturated heterocycles. The van der Waals surface area contributed by atoms with E-state index >= 15 is 0 Å². The van der Waals surface area contributed by atoms with E-state index in [-0.39, 0.29) is 12.1 Å². The van der Waals surface area contributed by atoms with E-state index < -0.39 is 0 Å². The molecule has 2 atom stereocenters. The van der Waals surface area contributed by atoms with Gasteiger partial charge in [0.2, 0.25) is 0 Å². The summed E-state index contributed by atoms with van der Waals surface area (Å²) < 4.78 is 5.42. The minimum absolute atomic E-state index is 0.135. The summed E-state index contributed by atoms with van der Waals surface area (Å²) in [6.45, 7) is 3.14. The van der Waals surface area contributed by atoms with Crippen LogP contribution in [0.15, 0.2) is 54.6 Å². The van der Waals surface area contributed by atoms with Crippen molar-refractivity contribution < 1.29 is 9.53 Å². The Morgan fingerprint density at radius 1 is 1.00 bits per heavy atom. The Morgan fingerprint density at radius 3 is 2.52 bits per heavy atom. The minimum atomic E-state index is -0.135. The Hall–Kier alpha value is -2.53. The standard InChI is InChI=1S/C20H23N3O2/c24-20(22-18-14-16(18)15-6-2-1-3-7-15)21-17-8-4-5-9-19(17)23-10-12-25-13-11-23/h1-9,16,18H,10-14H2,(H2,21,22,24)/t16-,18+/m0/s1. The highest BCUT2D eigenvalue weighted by Crippen LogP contribution is 2.40. The Labute approximate surface area is 148 Å². The number of nitrogens with zero attached hydrogens (tertiary/aromatic N) is 1. The van der Waals surface area contributed by atoms with Crippen LogP contribution in [0.1, 0.15) is 17.9 Å². The van der Waals surface area contributed by atoms with Crippen LogP contribution in [0.2, 0.25) is 0 Å². The zero-order valence-electron chi connectivity index (χ0n) is 14.2. The number of rotatable bonds is 4. The van der Waals surface area contributed by atoms with Gasteiger partial charge in [0.25, 0.3) is 0 Å². The predicted octanol–water partition coefficient (Wildman–Crippen LogP) is 3.20. The molecule has 1 aliphatic heterocycles. The van der Waals surface area contributed by atoms with Gasteiger partial charge in [0.1, 0.15) is 0 Å².